The van der Waals surface area contributed by atoms with Gasteiger partial charge in [0.15, 0.2) is 5.96 Å². The Labute approximate surface area is 163 Å². The third kappa shape index (κ3) is 7.83. The number of rotatable bonds is 10. The number of aliphatic imine (C=N–C) groups is 1. The lowest BCUT2D eigenvalue weighted by Crippen LogP contribution is -2.38. The van der Waals surface area contributed by atoms with E-state index in [9.17, 15) is 0 Å². The lowest BCUT2D eigenvalue weighted by Gasteiger charge is -2.24. The molecule has 0 saturated heterocycles. The normalized spacial score (nSPS) is 13.0. The molecule has 1 atom stereocenters. The minimum atomic E-state index is 0.479. The maximum atomic E-state index is 4.73. The first-order valence-electron chi connectivity index (χ1n) is 9.82. The van der Waals surface area contributed by atoms with Gasteiger partial charge in [0.1, 0.15) is 0 Å². The Bertz CT molecular complexity index is 679. The SMILES string of the molecule is CCNC(=NCCC(C)N(C)Cc1ccccc1)NCCc1cnn(C)c1. The van der Waals surface area contributed by atoms with Gasteiger partial charge >= 0.3 is 0 Å². The van der Waals surface area contributed by atoms with Crippen molar-refractivity contribution >= 4 is 5.96 Å². The van der Waals surface area contributed by atoms with E-state index in [0.29, 0.717) is 6.04 Å². The molecule has 27 heavy (non-hydrogen) atoms. The zero-order valence-corrected chi connectivity index (χ0v) is 17.2. The van der Waals surface area contributed by atoms with E-state index < -0.39 is 0 Å². The standard InChI is InChI=1S/C21H34N6/c1-5-22-21(24-14-12-20-15-25-27(4)17-20)23-13-11-18(2)26(3)16-19-9-7-6-8-10-19/h6-10,15,17-18H,5,11-14,16H2,1-4H3,(H2,22,23,24). The van der Waals surface area contributed by atoms with E-state index in [0.717, 1.165) is 45.0 Å². The van der Waals surface area contributed by atoms with E-state index in [-0.39, 0.29) is 0 Å². The maximum Gasteiger partial charge on any atom is 0.191 e. The molecular weight excluding hydrogens is 336 g/mol. The van der Waals surface area contributed by atoms with Crippen LogP contribution in [0.4, 0.5) is 0 Å². The molecule has 1 aromatic heterocycles. The fourth-order valence-electron chi connectivity index (χ4n) is 2.88. The quantitative estimate of drug-likeness (QED) is 0.498. The highest BCUT2D eigenvalue weighted by Crippen LogP contribution is 2.08. The third-order valence-corrected chi connectivity index (χ3v) is 4.65. The molecule has 1 unspecified atom stereocenters. The Morgan fingerprint density at radius 3 is 2.67 bits per heavy atom. The first-order valence-corrected chi connectivity index (χ1v) is 9.82. The summed E-state index contributed by atoms with van der Waals surface area (Å²) in [5.74, 6) is 0.888. The van der Waals surface area contributed by atoms with Crippen LogP contribution in [-0.4, -0.2) is 53.4 Å². The molecule has 0 aliphatic heterocycles. The van der Waals surface area contributed by atoms with Crippen molar-refractivity contribution in [2.24, 2.45) is 12.0 Å². The topological polar surface area (TPSA) is 57.5 Å². The van der Waals surface area contributed by atoms with Gasteiger partial charge < -0.3 is 10.6 Å². The van der Waals surface area contributed by atoms with E-state index in [4.69, 9.17) is 4.99 Å². The van der Waals surface area contributed by atoms with Crippen LogP contribution < -0.4 is 10.6 Å². The summed E-state index contributed by atoms with van der Waals surface area (Å²) >= 11 is 0. The molecule has 2 aromatic rings. The summed E-state index contributed by atoms with van der Waals surface area (Å²) in [7, 11) is 4.12. The van der Waals surface area contributed by atoms with Crippen molar-refractivity contribution in [3.63, 3.8) is 0 Å². The summed E-state index contributed by atoms with van der Waals surface area (Å²) in [4.78, 5) is 7.11. The summed E-state index contributed by atoms with van der Waals surface area (Å²) < 4.78 is 1.84. The number of aromatic nitrogens is 2. The molecule has 0 spiro atoms. The van der Waals surface area contributed by atoms with E-state index in [1.54, 1.807) is 0 Å². The van der Waals surface area contributed by atoms with Crippen LogP contribution >= 0.6 is 0 Å². The molecule has 6 nitrogen and oxygen atoms in total. The van der Waals surface area contributed by atoms with Crippen molar-refractivity contribution in [2.45, 2.75) is 39.3 Å². The van der Waals surface area contributed by atoms with Crippen LogP contribution in [0, 0.1) is 0 Å². The average molecular weight is 371 g/mol. The van der Waals surface area contributed by atoms with Crippen molar-refractivity contribution in [1.82, 2.24) is 25.3 Å². The molecular formula is C21H34N6. The minimum Gasteiger partial charge on any atom is -0.357 e. The van der Waals surface area contributed by atoms with Crippen LogP contribution in [0.25, 0.3) is 0 Å². The van der Waals surface area contributed by atoms with Crippen LogP contribution in [0.1, 0.15) is 31.4 Å². The number of benzene rings is 1. The van der Waals surface area contributed by atoms with Gasteiger partial charge in [0.05, 0.1) is 6.20 Å². The average Bonchev–Trinajstić information content (AvgIpc) is 3.07. The lowest BCUT2D eigenvalue weighted by atomic mass is 10.1. The summed E-state index contributed by atoms with van der Waals surface area (Å²) in [6.07, 6.45) is 5.93. The number of hydrogen-bond acceptors (Lipinski definition) is 3. The lowest BCUT2D eigenvalue weighted by molar-refractivity contribution is 0.240. The summed E-state index contributed by atoms with van der Waals surface area (Å²) in [6.45, 7) is 7.84. The molecule has 2 N–H and O–H groups in total. The Kier molecular flexibility index (Phi) is 8.84. The highest BCUT2D eigenvalue weighted by Gasteiger charge is 2.09. The van der Waals surface area contributed by atoms with Crippen LogP contribution in [0.2, 0.25) is 0 Å². The number of nitrogens with zero attached hydrogens (tertiary/aromatic N) is 4. The van der Waals surface area contributed by atoms with Crippen molar-refractivity contribution in [1.29, 1.82) is 0 Å². The summed E-state index contributed by atoms with van der Waals surface area (Å²) in [6, 6.07) is 11.1. The van der Waals surface area contributed by atoms with Crippen molar-refractivity contribution in [2.75, 3.05) is 26.7 Å². The molecule has 6 heteroatoms. The van der Waals surface area contributed by atoms with E-state index in [2.05, 4.69) is 78.1 Å². The van der Waals surface area contributed by atoms with Crippen LogP contribution in [-0.2, 0) is 20.0 Å². The first kappa shape index (κ1) is 21.0. The Hall–Kier alpha value is -2.34. The summed E-state index contributed by atoms with van der Waals surface area (Å²) in [5, 5.41) is 10.9. The van der Waals surface area contributed by atoms with Gasteiger partial charge in [0, 0.05) is 45.5 Å². The second-order valence-corrected chi connectivity index (χ2v) is 7.00. The van der Waals surface area contributed by atoms with Crippen molar-refractivity contribution in [3.05, 3.63) is 53.9 Å². The Morgan fingerprint density at radius 2 is 2.00 bits per heavy atom. The number of guanidine groups is 1. The van der Waals surface area contributed by atoms with Gasteiger partial charge in [0.2, 0.25) is 0 Å². The van der Waals surface area contributed by atoms with Crippen LogP contribution in [0.3, 0.4) is 0 Å². The molecule has 0 aliphatic rings. The first-order chi connectivity index (χ1) is 13.1. The second kappa shape index (κ2) is 11.4. The van der Waals surface area contributed by atoms with E-state index in [1.807, 2.05) is 17.9 Å². The highest BCUT2D eigenvalue weighted by molar-refractivity contribution is 5.79. The minimum absolute atomic E-state index is 0.479. The van der Waals surface area contributed by atoms with Gasteiger partial charge in [-0.1, -0.05) is 30.3 Å². The molecule has 0 aliphatic carbocycles. The highest BCUT2D eigenvalue weighted by atomic mass is 15.2. The molecule has 0 bridgehead atoms. The largest absolute Gasteiger partial charge is 0.357 e. The van der Waals surface area contributed by atoms with Crippen LogP contribution in [0.15, 0.2) is 47.7 Å². The van der Waals surface area contributed by atoms with Gasteiger partial charge in [-0.3, -0.25) is 14.6 Å². The van der Waals surface area contributed by atoms with Gasteiger partial charge in [-0.25, -0.2) is 0 Å². The van der Waals surface area contributed by atoms with Gasteiger partial charge in [0.25, 0.3) is 0 Å². The Morgan fingerprint density at radius 1 is 1.22 bits per heavy atom. The Balaban J connectivity index is 1.74. The molecule has 0 saturated carbocycles. The van der Waals surface area contributed by atoms with Crippen LogP contribution in [0.5, 0.6) is 0 Å². The zero-order valence-electron chi connectivity index (χ0n) is 17.2. The molecule has 148 valence electrons. The van der Waals surface area contributed by atoms with Gasteiger partial charge in [-0.15, -0.1) is 0 Å². The summed E-state index contributed by atoms with van der Waals surface area (Å²) in [5.41, 5.74) is 2.58. The number of nitrogens with one attached hydrogen (secondary N) is 2. The number of aryl methyl sites for hydroxylation is 1. The monoisotopic (exact) mass is 370 g/mol. The molecule has 2 rings (SSSR count). The fourth-order valence-corrected chi connectivity index (χ4v) is 2.88. The molecule has 1 aromatic carbocycles. The smallest absolute Gasteiger partial charge is 0.191 e. The second-order valence-electron chi connectivity index (χ2n) is 7.00. The van der Waals surface area contributed by atoms with Gasteiger partial charge in [-0.05, 0) is 44.9 Å². The molecule has 0 fully saturated rings. The van der Waals surface area contributed by atoms with E-state index >= 15 is 0 Å². The third-order valence-electron chi connectivity index (χ3n) is 4.65. The van der Waals surface area contributed by atoms with Crippen molar-refractivity contribution < 1.29 is 0 Å². The number of hydrogen-bond donors (Lipinski definition) is 2. The maximum absolute atomic E-state index is 4.73. The molecule has 0 radical (unpaired) electrons. The molecule has 1 heterocycles. The van der Waals surface area contributed by atoms with E-state index in [1.165, 1.54) is 11.1 Å². The predicted molar refractivity (Wildman–Crippen MR) is 113 cm³/mol. The van der Waals surface area contributed by atoms with Crippen molar-refractivity contribution in [3.8, 4) is 0 Å². The van der Waals surface area contributed by atoms with Gasteiger partial charge in [-0.2, -0.15) is 5.10 Å². The molecule has 0 amide bonds. The predicted octanol–water partition coefficient (Wildman–Crippen LogP) is 2.43. The zero-order chi connectivity index (χ0) is 19.5. The fraction of sp³-hybridized carbons (Fsp3) is 0.524.